The Morgan fingerprint density at radius 2 is 1.75 bits per heavy atom. The molecular weight excluding hydrogens is 362 g/mol. The molecule has 0 aromatic carbocycles. The van der Waals surface area contributed by atoms with Crippen LogP contribution in [0.1, 0.15) is 19.8 Å². The molecule has 10 nitrogen and oxygen atoms in total. The number of aliphatic carboxylic acids is 2. The summed E-state index contributed by atoms with van der Waals surface area (Å²) in [7, 11) is 0. The highest BCUT2D eigenvalue weighted by Gasteiger charge is 2.22. The van der Waals surface area contributed by atoms with Crippen LogP contribution in [-0.4, -0.2) is 63.5 Å². The van der Waals surface area contributed by atoms with E-state index < -0.39 is 42.4 Å². The number of rotatable bonds is 11. The van der Waals surface area contributed by atoms with Crippen LogP contribution < -0.4 is 15.4 Å². The molecule has 5 N–H and O–H groups in total. The summed E-state index contributed by atoms with van der Waals surface area (Å²) in [5, 5.41) is 21.6. The van der Waals surface area contributed by atoms with Gasteiger partial charge in [-0.15, -0.1) is 0 Å². The van der Waals surface area contributed by atoms with E-state index in [1.807, 2.05) is 0 Å². The summed E-state index contributed by atoms with van der Waals surface area (Å²) < 4.78 is 2.42. The van der Waals surface area contributed by atoms with E-state index in [0.717, 1.165) is 0 Å². The molecule has 0 bridgehead atoms. The molecule has 2 atom stereocenters. The molecule has 0 fully saturated rings. The maximum absolute atomic E-state index is 11.8. The summed E-state index contributed by atoms with van der Waals surface area (Å²) in [6, 6.07) is -2.15. The van der Waals surface area contributed by atoms with E-state index in [4.69, 9.17) is 10.2 Å². The van der Waals surface area contributed by atoms with Gasteiger partial charge in [-0.25, -0.2) is 4.72 Å². The molecule has 12 heteroatoms. The Kier molecular flexibility index (Phi) is 10.8. The van der Waals surface area contributed by atoms with Gasteiger partial charge in [-0.05, 0) is 18.4 Å². The Morgan fingerprint density at radius 3 is 2.21 bits per heavy atom. The number of carboxylic acids is 2. The zero-order valence-corrected chi connectivity index (χ0v) is 14.5. The van der Waals surface area contributed by atoms with Gasteiger partial charge in [0.2, 0.25) is 16.9 Å². The topological polar surface area (TPSA) is 162 Å². The monoisotopic (exact) mass is 381 g/mol. The van der Waals surface area contributed by atoms with E-state index in [1.54, 1.807) is 0 Å². The molecule has 0 rings (SSSR count). The zero-order valence-electron chi connectivity index (χ0n) is 12.8. The van der Waals surface area contributed by atoms with Crippen LogP contribution in [0.3, 0.4) is 0 Å². The van der Waals surface area contributed by atoms with Crippen molar-refractivity contribution in [1.82, 2.24) is 15.4 Å². The van der Waals surface area contributed by atoms with Crippen LogP contribution in [0.4, 0.5) is 0 Å². The third-order valence-corrected chi connectivity index (χ3v) is 3.61. The van der Waals surface area contributed by atoms with E-state index in [1.165, 1.54) is 6.92 Å². The van der Waals surface area contributed by atoms with Crippen molar-refractivity contribution in [3.05, 3.63) is 0 Å². The molecule has 0 aromatic rings. The molecule has 0 radical (unpaired) electrons. The summed E-state index contributed by atoms with van der Waals surface area (Å²) in [6.07, 6.45) is -0.309. The quantitative estimate of drug-likeness (QED) is 0.187. The van der Waals surface area contributed by atoms with Crippen LogP contribution in [0.2, 0.25) is 0 Å². The maximum atomic E-state index is 11.8. The van der Waals surface area contributed by atoms with Crippen molar-refractivity contribution in [2.75, 3.05) is 12.3 Å². The number of amides is 2. The standard InChI is InChI=1S/C12H19N3O7S2/c1-6(16)24-15-7(12(21)22)2-3-9(17)14-8(5-23)11(20)13-4-10(18)19/h7-8,15,23H,2-5H2,1H3,(H,13,20)(H,14,17)(H,18,19)(H,21,22)/t7-,8-/m0/s1. The van der Waals surface area contributed by atoms with Gasteiger partial charge in [0.1, 0.15) is 18.6 Å². The Hall–Kier alpha value is -1.79. The van der Waals surface area contributed by atoms with E-state index in [2.05, 4.69) is 28.0 Å². The van der Waals surface area contributed by atoms with Crippen LogP contribution in [0.25, 0.3) is 0 Å². The zero-order chi connectivity index (χ0) is 18.7. The highest BCUT2D eigenvalue weighted by Crippen LogP contribution is 2.05. The molecule has 0 aromatic heterocycles. The van der Waals surface area contributed by atoms with Crippen molar-refractivity contribution in [3.63, 3.8) is 0 Å². The molecule has 24 heavy (non-hydrogen) atoms. The minimum Gasteiger partial charge on any atom is -0.480 e. The van der Waals surface area contributed by atoms with E-state index in [-0.39, 0.29) is 23.7 Å². The number of carbonyl (C=O) groups excluding carboxylic acids is 3. The fourth-order valence-electron chi connectivity index (χ4n) is 1.41. The van der Waals surface area contributed by atoms with Crippen molar-refractivity contribution < 1.29 is 34.2 Å². The lowest BCUT2D eigenvalue weighted by molar-refractivity contribution is -0.139. The molecular formula is C12H19N3O7S2. The van der Waals surface area contributed by atoms with Crippen molar-refractivity contribution >= 4 is 53.4 Å². The minimum absolute atomic E-state index is 0.0575. The number of carboxylic acid groups (broad SMARTS) is 2. The highest BCUT2D eigenvalue weighted by atomic mass is 32.2. The summed E-state index contributed by atoms with van der Waals surface area (Å²) in [6.45, 7) is 0.669. The van der Waals surface area contributed by atoms with Crippen molar-refractivity contribution in [1.29, 1.82) is 0 Å². The second-order valence-electron chi connectivity index (χ2n) is 4.56. The number of thiol groups is 1. The SMILES string of the molecule is CC(=O)SN[C@@H](CCC(=O)N[C@@H](CS)C(=O)NCC(=O)O)C(=O)O. The van der Waals surface area contributed by atoms with Crippen molar-refractivity contribution in [2.24, 2.45) is 0 Å². The van der Waals surface area contributed by atoms with Gasteiger partial charge in [0, 0.05) is 19.1 Å². The summed E-state index contributed by atoms with van der Waals surface area (Å²) in [5.41, 5.74) is 0. The van der Waals surface area contributed by atoms with Crippen LogP contribution in [0.15, 0.2) is 0 Å². The second kappa shape index (κ2) is 11.7. The average Bonchev–Trinajstić information content (AvgIpc) is 2.49. The van der Waals surface area contributed by atoms with Gasteiger partial charge in [-0.2, -0.15) is 12.6 Å². The van der Waals surface area contributed by atoms with E-state index in [9.17, 15) is 24.0 Å². The van der Waals surface area contributed by atoms with E-state index in [0.29, 0.717) is 11.9 Å². The van der Waals surface area contributed by atoms with Crippen LogP contribution in [0.5, 0.6) is 0 Å². The lowest BCUT2D eigenvalue weighted by Gasteiger charge is -2.17. The van der Waals surface area contributed by atoms with Gasteiger partial charge in [0.15, 0.2) is 0 Å². The Labute approximate surface area is 147 Å². The predicted octanol–water partition coefficient (Wildman–Crippen LogP) is -1.38. The number of nitrogens with one attached hydrogen (secondary N) is 3. The second-order valence-corrected chi connectivity index (χ2v) is 5.94. The van der Waals surface area contributed by atoms with Gasteiger partial charge in [0.25, 0.3) is 0 Å². The lowest BCUT2D eigenvalue weighted by Crippen LogP contribution is -2.49. The molecule has 0 saturated carbocycles. The highest BCUT2D eigenvalue weighted by molar-refractivity contribution is 8.11. The molecule has 0 aliphatic heterocycles. The van der Waals surface area contributed by atoms with Gasteiger partial charge < -0.3 is 20.8 Å². The normalized spacial score (nSPS) is 12.8. The number of hydrogen-bond acceptors (Lipinski definition) is 8. The largest absolute Gasteiger partial charge is 0.480 e. The molecule has 136 valence electrons. The van der Waals surface area contributed by atoms with Crippen LogP contribution in [0, 0.1) is 0 Å². The molecule has 0 heterocycles. The first-order valence-electron chi connectivity index (χ1n) is 6.72. The van der Waals surface area contributed by atoms with Gasteiger partial charge in [0.05, 0.1) is 0 Å². The molecule has 0 aliphatic rings. The summed E-state index contributed by atoms with van der Waals surface area (Å²) in [4.78, 5) is 55.6. The molecule has 2 amide bonds. The Morgan fingerprint density at radius 1 is 1.12 bits per heavy atom. The Bertz CT molecular complexity index is 501. The fourth-order valence-corrected chi connectivity index (χ4v) is 2.19. The molecule has 0 saturated heterocycles. The third kappa shape index (κ3) is 10.1. The molecule has 0 spiro atoms. The maximum Gasteiger partial charge on any atom is 0.322 e. The first kappa shape index (κ1) is 22.2. The summed E-state index contributed by atoms with van der Waals surface area (Å²) >= 11 is 4.52. The van der Waals surface area contributed by atoms with E-state index >= 15 is 0 Å². The molecule has 0 aliphatic carbocycles. The first-order chi connectivity index (χ1) is 11.2. The minimum atomic E-state index is -1.23. The fraction of sp³-hybridized carbons (Fsp3) is 0.583. The Balaban J connectivity index is 4.41. The predicted molar refractivity (Wildman–Crippen MR) is 88.5 cm³/mol. The van der Waals surface area contributed by atoms with Gasteiger partial charge >= 0.3 is 11.9 Å². The van der Waals surface area contributed by atoms with Crippen molar-refractivity contribution in [3.8, 4) is 0 Å². The van der Waals surface area contributed by atoms with Crippen LogP contribution in [-0.2, 0) is 24.0 Å². The smallest absolute Gasteiger partial charge is 0.322 e. The van der Waals surface area contributed by atoms with Gasteiger partial charge in [-0.3, -0.25) is 24.0 Å². The number of carbonyl (C=O) groups is 5. The van der Waals surface area contributed by atoms with Gasteiger partial charge in [-0.1, -0.05) is 0 Å². The first-order valence-corrected chi connectivity index (χ1v) is 8.17. The average molecular weight is 381 g/mol. The lowest BCUT2D eigenvalue weighted by atomic mass is 10.1. The molecule has 0 unspecified atom stereocenters. The third-order valence-electron chi connectivity index (χ3n) is 2.55. The van der Waals surface area contributed by atoms with Crippen LogP contribution >= 0.6 is 24.6 Å². The summed E-state index contributed by atoms with van der Waals surface area (Å²) in [5.74, 6) is -3.81. The number of hydrogen-bond donors (Lipinski definition) is 6. The van der Waals surface area contributed by atoms with Crippen molar-refractivity contribution in [2.45, 2.75) is 31.8 Å².